The third kappa shape index (κ3) is 50.2. The van der Waals surface area contributed by atoms with Crippen molar-refractivity contribution in [2.24, 2.45) is 0 Å². The van der Waals surface area contributed by atoms with Gasteiger partial charge in [0.15, 0.2) is 6.10 Å². The molecule has 0 saturated heterocycles. The van der Waals surface area contributed by atoms with Gasteiger partial charge in [-0.3, -0.25) is 14.4 Å². The van der Waals surface area contributed by atoms with Crippen molar-refractivity contribution in [2.45, 2.75) is 284 Å². The lowest BCUT2D eigenvalue weighted by Gasteiger charge is -2.18. The maximum atomic E-state index is 12.8. The molecule has 0 aliphatic carbocycles. The van der Waals surface area contributed by atoms with Crippen LogP contribution in [0.3, 0.4) is 0 Å². The van der Waals surface area contributed by atoms with Crippen molar-refractivity contribution >= 4 is 17.9 Å². The van der Waals surface area contributed by atoms with Crippen molar-refractivity contribution in [3.63, 3.8) is 0 Å². The third-order valence-electron chi connectivity index (χ3n) is 11.8. The van der Waals surface area contributed by atoms with Gasteiger partial charge in [-0.15, -0.1) is 0 Å². The van der Waals surface area contributed by atoms with Crippen LogP contribution < -0.4 is 0 Å². The first kappa shape index (κ1) is 60.4. The molecule has 0 radical (unpaired) electrons. The maximum absolute atomic E-state index is 12.8. The standard InChI is InChI=1S/C57H102O6/c1-4-7-10-13-16-19-22-25-27-29-31-32-35-38-41-44-47-50-56(59)62-53-54(52-61-55(58)49-46-43-40-37-34-24-21-18-15-12-9-6-3)63-57(60)51-48-45-42-39-36-33-30-28-26-23-20-17-14-11-8-5-2/h18,21,25,27,31-32,38,41,54H,4-17,19-20,22-24,26,28-30,33-37,39-40,42-53H2,1-3H3/b21-18-,27-25-,32-31-,41-38-. The van der Waals surface area contributed by atoms with Gasteiger partial charge in [0.25, 0.3) is 0 Å². The quantitative estimate of drug-likeness (QED) is 0.0262. The smallest absolute Gasteiger partial charge is 0.306 e. The summed E-state index contributed by atoms with van der Waals surface area (Å²) in [6.07, 6.45) is 62.4. The molecule has 0 N–H and O–H groups in total. The minimum atomic E-state index is -0.793. The van der Waals surface area contributed by atoms with Crippen LogP contribution in [-0.4, -0.2) is 37.2 Å². The molecular weight excluding hydrogens is 781 g/mol. The van der Waals surface area contributed by atoms with Gasteiger partial charge in [0, 0.05) is 19.3 Å². The van der Waals surface area contributed by atoms with E-state index in [-0.39, 0.29) is 31.1 Å². The Morgan fingerprint density at radius 2 is 0.587 bits per heavy atom. The number of hydrogen-bond donors (Lipinski definition) is 0. The summed E-state index contributed by atoms with van der Waals surface area (Å²) in [4.78, 5) is 38.0. The second-order valence-electron chi connectivity index (χ2n) is 18.1. The SMILES string of the molecule is CCCCC/C=C\CCCCCCCC(=O)OCC(COC(=O)CCC/C=C\C/C=C\C/C=C\CCCCCCCC)OC(=O)CCCCCCCCCCCCCCCCCC. The van der Waals surface area contributed by atoms with Crippen molar-refractivity contribution in [1.29, 1.82) is 0 Å². The van der Waals surface area contributed by atoms with Gasteiger partial charge >= 0.3 is 17.9 Å². The predicted molar refractivity (Wildman–Crippen MR) is 270 cm³/mol. The van der Waals surface area contributed by atoms with Crippen LogP contribution in [0.25, 0.3) is 0 Å². The largest absolute Gasteiger partial charge is 0.462 e. The van der Waals surface area contributed by atoms with Crippen LogP contribution >= 0.6 is 0 Å². The van der Waals surface area contributed by atoms with E-state index in [0.717, 1.165) is 64.2 Å². The molecule has 0 saturated carbocycles. The topological polar surface area (TPSA) is 78.9 Å². The van der Waals surface area contributed by atoms with Crippen LogP contribution in [0.5, 0.6) is 0 Å². The highest BCUT2D eigenvalue weighted by Gasteiger charge is 2.19. The second kappa shape index (κ2) is 52.0. The van der Waals surface area contributed by atoms with E-state index in [1.54, 1.807) is 0 Å². The van der Waals surface area contributed by atoms with Crippen molar-refractivity contribution in [1.82, 2.24) is 0 Å². The minimum absolute atomic E-state index is 0.0907. The monoisotopic (exact) mass is 883 g/mol. The van der Waals surface area contributed by atoms with Crippen molar-refractivity contribution in [3.8, 4) is 0 Å². The highest BCUT2D eigenvalue weighted by atomic mass is 16.6. The van der Waals surface area contributed by atoms with E-state index in [1.807, 2.05) is 0 Å². The number of hydrogen-bond acceptors (Lipinski definition) is 6. The summed E-state index contributed by atoms with van der Waals surface area (Å²) in [6.45, 7) is 6.58. The molecule has 366 valence electrons. The van der Waals surface area contributed by atoms with Gasteiger partial charge in [-0.1, -0.05) is 230 Å². The first-order valence-electron chi connectivity index (χ1n) is 27.1. The Bertz CT molecular complexity index is 1110. The van der Waals surface area contributed by atoms with Crippen LogP contribution in [-0.2, 0) is 28.6 Å². The molecular formula is C57H102O6. The molecule has 0 aliphatic rings. The summed E-state index contributed by atoms with van der Waals surface area (Å²) in [7, 11) is 0. The van der Waals surface area contributed by atoms with Crippen LogP contribution in [0.15, 0.2) is 48.6 Å². The van der Waals surface area contributed by atoms with Gasteiger partial charge in [-0.25, -0.2) is 0 Å². The predicted octanol–water partition coefficient (Wildman–Crippen LogP) is 17.9. The Kier molecular flexibility index (Phi) is 49.8. The highest BCUT2D eigenvalue weighted by Crippen LogP contribution is 2.15. The second-order valence-corrected chi connectivity index (χ2v) is 18.1. The van der Waals surface area contributed by atoms with Crippen molar-refractivity contribution in [3.05, 3.63) is 48.6 Å². The summed E-state index contributed by atoms with van der Waals surface area (Å²) < 4.78 is 16.8. The van der Waals surface area contributed by atoms with E-state index >= 15 is 0 Å². The lowest BCUT2D eigenvalue weighted by Crippen LogP contribution is -2.30. The molecule has 0 spiro atoms. The van der Waals surface area contributed by atoms with Crippen molar-refractivity contribution in [2.75, 3.05) is 13.2 Å². The number of carbonyl (C=O) groups is 3. The molecule has 0 rings (SSSR count). The molecule has 0 bridgehead atoms. The van der Waals surface area contributed by atoms with Gasteiger partial charge in [-0.2, -0.15) is 0 Å². The molecule has 0 amide bonds. The van der Waals surface area contributed by atoms with Gasteiger partial charge in [-0.05, 0) is 77.0 Å². The van der Waals surface area contributed by atoms with Crippen LogP contribution in [0.4, 0.5) is 0 Å². The molecule has 6 heteroatoms. The van der Waals surface area contributed by atoms with Gasteiger partial charge in [0.1, 0.15) is 13.2 Å². The van der Waals surface area contributed by atoms with Crippen LogP contribution in [0.1, 0.15) is 278 Å². The maximum Gasteiger partial charge on any atom is 0.306 e. The molecule has 1 atom stereocenters. The van der Waals surface area contributed by atoms with E-state index in [1.165, 1.54) is 167 Å². The summed E-state index contributed by atoms with van der Waals surface area (Å²) in [5.74, 6) is -0.943. The van der Waals surface area contributed by atoms with Gasteiger partial charge in [0.2, 0.25) is 0 Å². The zero-order valence-corrected chi connectivity index (χ0v) is 41.8. The van der Waals surface area contributed by atoms with E-state index in [9.17, 15) is 14.4 Å². The zero-order valence-electron chi connectivity index (χ0n) is 41.8. The number of allylic oxidation sites excluding steroid dienone is 8. The summed E-state index contributed by atoms with van der Waals surface area (Å²) >= 11 is 0. The molecule has 0 fully saturated rings. The van der Waals surface area contributed by atoms with Crippen LogP contribution in [0.2, 0.25) is 0 Å². The average Bonchev–Trinajstić information content (AvgIpc) is 3.28. The molecule has 0 aliphatic heterocycles. The van der Waals surface area contributed by atoms with Gasteiger partial charge in [0.05, 0.1) is 0 Å². The summed E-state index contributed by atoms with van der Waals surface area (Å²) in [5, 5.41) is 0. The Balaban J connectivity index is 4.42. The first-order valence-corrected chi connectivity index (χ1v) is 27.1. The molecule has 0 heterocycles. The number of rotatable bonds is 49. The molecule has 0 aromatic heterocycles. The first-order chi connectivity index (χ1) is 31.0. The summed E-state index contributed by atoms with van der Waals surface area (Å²) in [6, 6.07) is 0. The third-order valence-corrected chi connectivity index (χ3v) is 11.8. The number of esters is 3. The minimum Gasteiger partial charge on any atom is -0.462 e. The van der Waals surface area contributed by atoms with E-state index in [0.29, 0.717) is 25.7 Å². The Labute approximate surface area is 390 Å². The van der Waals surface area contributed by atoms with E-state index < -0.39 is 6.10 Å². The fourth-order valence-corrected chi connectivity index (χ4v) is 7.69. The Hall–Kier alpha value is -2.63. The van der Waals surface area contributed by atoms with Crippen molar-refractivity contribution < 1.29 is 28.6 Å². The normalized spacial score (nSPS) is 12.4. The average molecular weight is 883 g/mol. The summed E-state index contributed by atoms with van der Waals surface area (Å²) in [5.41, 5.74) is 0. The molecule has 0 aromatic rings. The number of carbonyl (C=O) groups excluding carboxylic acids is 3. The molecule has 6 nitrogen and oxygen atoms in total. The van der Waals surface area contributed by atoms with E-state index in [2.05, 4.69) is 69.4 Å². The van der Waals surface area contributed by atoms with E-state index in [4.69, 9.17) is 14.2 Å². The molecule has 63 heavy (non-hydrogen) atoms. The number of ether oxygens (including phenoxy) is 3. The lowest BCUT2D eigenvalue weighted by atomic mass is 10.0. The fraction of sp³-hybridized carbons (Fsp3) is 0.807. The highest BCUT2D eigenvalue weighted by molar-refractivity contribution is 5.71. The zero-order chi connectivity index (χ0) is 45.8. The Morgan fingerprint density at radius 1 is 0.317 bits per heavy atom. The fourth-order valence-electron chi connectivity index (χ4n) is 7.69. The van der Waals surface area contributed by atoms with Gasteiger partial charge < -0.3 is 14.2 Å². The number of unbranched alkanes of at least 4 members (excludes halogenated alkanes) is 30. The van der Waals surface area contributed by atoms with Crippen LogP contribution in [0, 0.1) is 0 Å². The Morgan fingerprint density at radius 3 is 1.00 bits per heavy atom. The lowest BCUT2D eigenvalue weighted by molar-refractivity contribution is -0.167. The molecule has 1 unspecified atom stereocenters. The molecule has 0 aromatic carbocycles.